The number of carbonyl (C=O) groups excluding carboxylic acids is 2. The van der Waals surface area contributed by atoms with Crippen molar-refractivity contribution in [2.45, 2.75) is 70.8 Å². The zero-order chi connectivity index (χ0) is 20.6. The van der Waals surface area contributed by atoms with Gasteiger partial charge in [-0.1, -0.05) is 25.7 Å². The van der Waals surface area contributed by atoms with Crippen LogP contribution in [0.4, 0.5) is 0 Å². The molecule has 0 radical (unpaired) electrons. The number of carbonyl (C=O) groups is 2. The number of hydrogen-bond acceptors (Lipinski definition) is 4. The minimum absolute atomic E-state index is 0.0296. The molecule has 28 heavy (non-hydrogen) atoms. The lowest BCUT2D eigenvalue weighted by atomic mass is 9.96. The van der Waals surface area contributed by atoms with Crippen molar-refractivity contribution < 1.29 is 18.0 Å². The first-order chi connectivity index (χ1) is 13.3. The fourth-order valence-corrected chi connectivity index (χ4v) is 5.56. The van der Waals surface area contributed by atoms with Crippen molar-refractivity contribution in [3.63, 3.8) is 0 Å². The predicted octanol–water partition coefficient (Wildman–Crippen LogP) is 1.34. The van der Waals surface area contributed by atoms with Crippen molar-refractivity contribution in [1.82, 2.24) is 18.8 Å². The fraction of sp³-hybridized carbons (Fsp3) is 0.895. The molecule has 0 bridgehead atoms. The van der Waals surface area contributed by atoms with Crippen LogP contribution in [0.3, 0.4) is 0 Å². The van der Waals surface area contributed by atoms with E-state index >= 15 is 0 Å². The molecule has 0 unspecified atom stereocenters. The van der Waals surface area contributed by atoms with Crippen LogP contribution in [0.25, 0.3) is 0 Å². The van der Waals surface area contributed by atoms with Crippen LogP contribution < -0.4 is 5.32 Å². The summed E-state index contributed by atoms with van der Waals surface area (Å²) in [7, 11) is -1.75. The monoisotopic (exact) mass is 416 g/mol. The molecule has 162 valence electrons. The molecule has 1 aliphatic heterocycles. The van der Waals surface area contributed by atoms with Gasteiger partial charge < -0.3 is 10.2 Å². The quantitative estimate of drug-likeness (QED) is 0.574. The van der Waals surface area contributed by atoms with E-state index in [0.717, 1.165) is 44.9 Å². The molecule has 1 saturated carbocycles. The van der Waals surface area contributed by atoms with Crippen LogP contribution in [0.1, 0.15) is 64.7 Å². The van der Waals surface area contributed by atoms with Crippen LogP contribution in [0.5, 0.6) is 0 Å². The number of unbranched alkanes of at least 4 members (excludes halogenated alkanes) is 2. The maximum Gasteiger partial charge on any atom is 0.282 e. The van der Waals surface area contributed by atoms with Crippen molar-refractivity contribution in [3.8, 4) is 0 Å². The summed E-state index contributed by atoms with van der Waals surface area (Å²) in [6.07, 6.45) is 8.30. The minimum Gasteiger partial charge on any atom is -0.356 e. The van der Waals surface area contributed by atoms with E-state index < -0.39 is 10.2 Å². The predicted molar refractivity (Wildman–Crippen MR) is 109 cm³/mol. The molecule has 9 heteroatoms. The highest BCUT2D eigenvalue weighted by Gasteiger charge is 2.35. The molecule has 0 aromatic carbocycles. The van der Waals surface area contributed by atoms with E-state index in [0.29, 0.717) is 39.1 Å². The Bertz CT molecular complexity index is 611. The normalized spacial score (nSPS) is 19.8. The molecule has 1 saturated heterocycles. The number of rotatable bonds is 9. The fourth-order valence-electron chi connectivity index (χ4n) is 3.98. The van der Waals surface area contributed by atoms with Crippen LogP contribution in [-0.2, 0) is 19.8 Å². The highest BCUT2D eigenvalue weighted by Crippen LogP contribution is 2.25. The Morgan fingerprint density at radius 3 is 2.25 bits per heavy atom. The maximum absolute atomic E-state index is 12.9. The first-order valence-electron chi connectivity index (χ1n) is 10.6. The van der Waals surface area contributed by atoms with Gasteiger partial charge in [0.1, 0.15) is 0 Å². The van der Waals surface area contributed by atoms with Gasteiger partial charge in [0, 0.05) is 59.2 Å². The molecule has 2 rings (SSSR count). The number of nitrogens with one attached hydrogen (secondary N) is 1. The molecule has 0 aromatic rings. The van der Waals surface area contributed by atoms with Gasteiger partial charge in [0.2, 0.25) is 11.8 Å². The lowest BCUT2D eigenvalue weighted by Gasteiger charge is -2.38. The third kappa shape index (κ3) is 6.70. The standard InChI is InChI=1S/C19H36N4O4S/c1-17(24)20-12-8-4-7-11-19(25)22-13-15-23(16-14-22)28(26,27)21(2)18-9-5-3-6-10-18/h18H,3-16H2,1-2H3,(H,20,24). The molecule has 0 atom stereocenters. The summed E-state index contributed by atoms with van der Waals surface area (Å²) in [6, 6.07) is 0.107. The van der Waals surface area contributed by atoms with Crippen LogP contribution in [0.15, 0.2) is 0 Å². The molecule has 8 nitrogen and oxygen atoms in total. The molecule has 0 spiro atoms. The molecular formula is C19H36N4O4S. The average Bonchev–Trinajstić information content (AvgIpc) is 2.70. The minimum atomic E-state index is -3.45. The highest BCUT2D eigenvalue weighted by atomic mass is 32.2. The van der Waals surface area contributed by atoms with Crippen LogP contribution >= 0.6 is 0 Å². The molecular weight excluding hydrogens is 380 g/mol. The van der Waals surface area contributed by atoms with Gasteiger partial charge in [-0.2, -0.15) is 17.0 Å². The van der Waals surface area contributed by atoms with Crippen molar-refractivity contribution in [3.05, 3.63) is 0 Å². The van der Waals surface area contributed by atoms with Crippen LogP contribution in [0.2, 0.25) is 0 Å². The van der Waals surface area contributed by atoms with Gasteiger partial charge in [-0.25, -0.2) is 0 Å². The second-order valence-electron chi connectivity index (χ2n) is 7.89. The Kier molecular flexibility index (Phi) is 9.17. The topological polar surface area (TPSA) is 90.0 Å². The number of hydrogen-bond donors (Lipinski definition) is 1. The Morgan fingerprint density at radius 2 is 1.64 bits per heavy atom. The third-order valence-electron chi connectivity index (χ3n) is 5.81. The van der Waals surface area contributed by atoms with E-state index in [9.17, 15) is 18.0 Å². The molecule has 0 aromatic heterocycles. The van der Waals surface area contributed by atoms with Gasteiger partial charge in [0.15, 0.2) is 0 Å². The van der Waals surface area contributed by atoms with Gasteiger partial charge in [-0.3, -0.25) is 9.59 Å². The van der Waals surface area contributed by atoms with E-state index in [1.54, 1.807) is 16.3 Å². The Morgan fingerprint density at radius 1 is 1.00 bits per heavy atom. The Hall–Kier alpha value is -1.19. The van der Waals surface area contributed by atoms with Crippen molar-refractivity contribution in [2.75, 3.05) is 39.8 Å². The smallest absolute Gasteiger partial charge is 0.282 e. The summed E-state index contributed by atoms with van der Waals surface area (Å²) < 4.78 is 28.9. The molecule has 1 N–H and O–H groups in total. The van der Waals surface area contributed by atoms with Gasteiger partial charge in [-0.05, 0) is 25.7 Å². The van der Waals surface area contributed by atoms with E-state index in [1.165, 1.54) is 17.6 Å². The first-order valence-corrected chi connectivity index (χ1v) is 12.0. The molecule has 1 heterocycles. The highest BCUT2D eigenvalue weighted by molar-refractivity contribution is 7.86. The zero-order valence-electron chi connectivity index (χ0n) is 17.4. The van der Waals surface area contributed by atoms with E-state index in [-0.39, 0.29) is 17.9 Å². The molecule has 2 amide bonds. The largest absolute Gasteiger partial charge is 0.356 e. The maximum atomic E-state index is 12.9. The first kappa shape index (κ1) is 23.1. The third-order valence-corrected chi connectivity index (χ3v) is 7.86. The lowest BCUT2D eigenvalue weighted by Crippen LogP contribution is -2.55. The van der Waals surface area contributed by atoms with E-state index in [4.69, 9.17) is 0 Å². The van der Waals surface area contributed by atoms with Gasteiger partial charge in [-0.15, -0.1) is 0 Å². The van der Waals surface area contributed by atoms with Crippen LogP contribution in [0, 0.1) is 0 Å². The number of nitrogens with zero attached hydrogens (tertiary/aromatic N) is 3. The summed E-state index contributed by atoms with van der Waals surface area (Å²) in [6.45, 7) is 3.80. The second kappa shape index (κ2) is 11.1. The Labute approximate surface area is 169 Å². The van der Waals surface area contributed by atoms with Crippen molar-refractivity contribution >= 4 is 22.0 Å². The van der Waals surface area contributed by atoms with Gasteiger partial charge >= 0.3 is 0 Å². The van der Waals surface area contributed by atoms with Crippen molar-refractivity contribution in [2.24, 2.45) is 0 Å². The second-order valence-corrected chi connectivity index (χ2v) is 9.88. The summed E-state index contributed by atoms with van der Waals surface area (Å²) in [5, 5.41) is 2.75. The number of piperazine rings is 1. The Balaban J connectivity index is 1.70. The van der Waals surface area contributed by atoms with Gasteiger partial charge in [0.25, 0.3) is 10.2 Å². The summed E-state index contributed by atoms with van der Waals surface area (Å²) in [5.74, 6) is 0.0650. The lowest BCUT2D eigenvalue weighted by molar-refractivity contribution is -0.132. The molecule has 2 fully saturated rings. The van der Waals surface area contributed by atoms with Crippen LogP contribution in [-0.4, -0.2) is 79.6 Å². The molecule has 2 aliphatic rings. The molecule has 1 aliphatic carbocycles. The SMILES string of the molecule is CC(=O)NCCCCCC(=O)N1CCN(S(=O)(=O)N(C)C2CCCCC2)CC1. The van der Waals surface area contributed by atoms with E-state index in [2.05, 4.69) is 5.32 Å². The zero-order valence-corrected chi connectivity index (χ0v) is 18.2. The van der Waals surface area contributed by atoms with E-state index in [1.807, 2.05) is 0 Å². The van der Waals surface area contributed by atoms with Gasteiger partial charge in [0.05, 0.1) is 0 Å². The average molecular weight is 417 g/mol. The summed E-state index contributed by atoms with van der Waals surface area (Å²) in [4.78, 5) is 24.9. The summed E-state index contributed by atoms with van der Waals surface area (Å²) in [5.41, 5.74) is 0. The number of amides is 2. The summed E-state index contributed by atoms with van der Waals surface area (Å²) >= 11 is 0. The van der Waals surface area contributed by atoms with Crippen molar-refractivity contribution in [1.29, 1.82) is 0 Å².